The van der Waals surface area contributed by atoms with Crippen molar-refractivity contribution < 1.29 is 9.53 Å². The maximum atomic E-state index is 12.1. The average molecular weight is 463 g/mol. The normalized spacial score (nSPS) is 15.5. The van der Waals surface area contributed by atoms with Crippen LogP contribution in [0.15, 0.2) is 47.1 Å². The number of nitrogens with zero attached hydrogens (tertiary/aromatic N) is 1. The molecule has 2 aromatic rings. The van der Waals surface area contributed by atoms with Gasteiger partial charge in [0, 0.05) is 23.3 Å². The van der Waals surface area contributed by atoms with Crippen molar-refractivity contribution >= 4 is 46.7 Å². The summed E-state index contributed by atoms with van der Waals surface area (Å²) in [5.41, 5.74) is 0.543. The van der Waals surface area contributed by atoms with E-state index in [1.165, 1.54) is 6.42 Å². The molecule has 1 aromatic heterocycles. The minimum absolute atomic E-state index is 0. The number of pyridine rings is 1. The summed E-state index contributed by atoms with van der Waals surface area (Å²) in [6.07, 6.45) is 3.75. The van der Waals surface area contributed by atoms with Crippen LogP contribution in [-0.4, -0.2) is 30.5 Å². The van der Waals surface area contributed by atoms with Crippen molar-refractivity contribution in [3.8, 4) is 11.6 Å². The molecule has 2 N–H and O–H groups in total. The van der Waals surface area contributed by atoms with Gasteiger partial charge in [-0.2, -0.15) is 0 Å². The van der Waals surface area contributed by atoms with Crippen molar-refractivity contribution in [2.45, 2.75) is 12.8 Å². The summed E-state index contributed by atoms with van der Waals surface area (Å²) in [4.78, 5) is 16.3. The van der Waals surface area contributed by atoms with E-state index < -0.39 is 0 Å². The zero-order valence-corrected chi connectivity index (χ0v) is 17.3. The molecule has 1 aliphatic heterocycles. The van der Waals surface area contributed by atoms with Gasteiger partial charge in [-0.15, -0.1) is 24.8 Å². The molecule has 142 valence electrons. The van der Waals surface area contributed by atoms with Gasteiger partial charge in [0.1, 0.15) is 5.75 Å². The van der Waals surface area contributed by atoms with Crippen LogP contribution in [0.25, 0.3) is 0 Å². The van der Waals surface area contributed by atoms with Crippen LogP contribution in [0.3, 0.4) is 0 Å². The molecular weight excluding hydrogens is 441 g/mol. The lowest BCUT2D eigenvalue weighted by Gasteiger charge is -2.10. The Bertz CT molecular complexity index is 695. The number of benzene rings is 1. The standard InChI is InChI=1S/C18H20BrN3O2.2ClH/c19-15-2-1-3-16(10-15)24-17-5-4-14(12-22-17)18(23)21-9-7-13-6-8-20-11-13;;/h1-5,10,12-13,20H,6-9,11H2,(H,21,23);2*1H. The largest absolute Gasteiger partial charge is 0.439 e. The predicted molar refractivity (Wildman–Crippen MR) is 111 cm³/mol. The van der Waals surface area contributed by atoms with Gasteiger partial charge in [0.05, 0.1) is 5.56 Å². The third-order valence-electron chi connectivity index (χ3n) is 4.02. The van der Waals surface area contributed by atoms with E-state index in [0.717, 1.165) is 24.0 Å². The van der Waals surface area contributed by atoms with E-state index in [1.807, 2.05) is 24.3 Å². The predicted octanol–water partition coefficient (Wildman–Crippen LogP) is 4.21. The summed E-state index contributed by atoms with van der Waals surface area (Å²) in [5, 5.41) is 6.28. The number of hydrogen-bond acceptors (Lipinski definition) is 4. The van der Waals surface area contributed by atoms with Gasteiger partial charge in [0.2, 0.25) is 5.88 Å². The summed E-state index contributed by atoms with van der Waals surface area (Å²) in [6.45, 7) is 2.84. The minimum atomic E-state index is -0.0949. The zero-order valence-electron chi connectivity index (χ0n) is 14.1. The SMILES string of the molecule is Cl.Cl.O=C(NCCC1CCNC1)c1ccc(Oc2cccc(Br)c2)nc1. The first-order chi connectivity index (χ1) is 11.7. The number of aromatic nitrogens is 1. The monoisotopic (exact) mass is 461 g/mol. The average Bonchev–Trinajstić information content (AvgIpc) is 3.09. The fourth-order valence-electron chi connectivity index (χ4n) is 2.68. The van der Waals surface area contributed by atoms with Crippen molar-refractivity contribution in [2.24, 2.45) is 5.92 Å². The molecular formula is C18H22BrCl2N3O2. The Morgan fingerprint density at radius 2 is 2.15 bits per heavy atom. The van der Waals surface area contributed by atoms with E-state index in [0.29, 0.717) is 29.7 Å². The van der Waals surface area contributed by atoms with Crippen LogP contribution >= 0.6 is 40.7 Å². The van der Waals surface area contributed by atoms with Crippen LogP contribution in [-0.2, 0) is 0 Å². The molecule has 1 amide bonds. The molecule has 1 fully saturated rings. The third-order valence-corrected chi connectivity index (χ3v) is 4.51. The van der Waals surface area contributed by atoms with Crippen LogP contribution in [0.4, 0.5) is 0 Å². The van der Waals surface area contributed by atoms with Gasteiger partial charge in [0.25, 0.3) is 5.91 Å². The van der Waals surface area contributed by atoms with Crippen LogP contribution in [0.1, 0.15) is 23.2 Å². The Morgan fingerprint density at radius 3 is 2.81 bits per heavy atom. The maximum Gasteiger partial charge on any atom is 0.252 e. The molecule has 0 aliphatic carbocycles. The van der Waals surface area contributed by atoms with E-state index in [4.69, 9.17) is 4.74 Å². The zero-order chi connectivity index (χ0) is 16.8. The van der Waals surface area contributed by atoms with Gasteiger partial charge in [-0.05, 0) is 56.1 Å². The molecule has 1 unspecified atom stereocenters. The molecule has 8 heteroatoms. The highest BCUT2D eigenvalue weighted by Crippen LogP contribution is 2.23. The third kappa shape index (κ3) is 6.76. The Hall–Kier alpha value is -1.34. The van der Waals surface area contributed by atoms with Gasteiger partial charge in [0.15, 0.2) is 0 Å². The first kappa shape index (κ1) is 22.7. The van der Waals surface area contributed by atoms with Gasteiger partial charge in [-0.25, -0.2) is 4.98 Å². The molecule has 1 saturated heterocycles. The van der Waals surface area contributed by atoms with Crippen molar-refractivity contribution in [1.29, 1.82) is 0 Å². The molecule has 1 aliphatic rings. The summed E-state index contributed by atoms with van der Waals surface area (Å²) in [7, 11) is 0. The molecule has 2 heterocycles. The quantitative estimate of drug-likeness (QED) is 0.674. The number of halogens is 3. The van der Waals surface area contributed by atoms with E-state index >= 15 is 0 Å². The first-order valence-corrected chi connectivity index (χ1v) is 8.88. The Labute approximate surface area is 174 Å². The minimum Gasteiger partial charge on any atom is -0.439 e. The van der Waals surface area contributed by atoms with E-state index in [2.05, 4.69) is 31.5 Å². The molecule has 26 heavy (non-hydrogen) atoms. The highest BCUT2D eigenvalue weighted by Gasteiger charge is 2.14. The van der Waals surface area contributed by atoms with Crippen LogP contribution in [0.2, 0.25) is 0 Å². The molecule has 0 bridgehead atoms. The van der Waals surface area contributed by atoms with Gasteiger partial charge in [-0.1, -0.05) is 22.0 Å². The van der Waals surface area contributed by atoms with Gasteiger partial charge in [-0.3, -0.25) is 4.79 Å². The van der Waals surface area contributed by atoms with Crippen LogP contribution in [0.5, 0.6) is 11.6 Å². The van der Waals surface area contributed by atoms with Crippen molar-refractivity contribution in [3.05, 3.63) is 52.6 Å². The summed E-state index contributed by atoms with van der Waals surface area (Å²) >= 11 is 3.40. The van der Waals surface area contributed by atoms with Gasteiger partial charge < -0.3 is 15.4 Å². The summed E-state index contributed by atoms with van der Waals surface area (Å²) in [5.74, 6) is 1.73. The number of carbonyl (C=O) groups is 1. The number of carbonyl (C=O) groups excluding carboxylic acids is 1. The highest BCUT2D eigenvalue weighted by molar-refractivity contribution is 9.10. The molecule has 1 aromatic carbocycles. The fraction of sp³-hybridized carbons (Fsp3) is 0.333. The molecule has 5 nitrogen and oxygen atoms in total. The second kappa shape index (κ2) is 11.4. The summed E-state index contributed by atoms with van der Waals surface area (Å²) in [6, 6.07) is 11.0. The second-order valence-corrected chi connectivity index (χ2v) is 6.76. The Balaban J connectivity index is 0.00000169. The van der Waals surface area contributed by atoms with E-state index in [1.54, 1.807) is 18.3 Å². The lowest BCUT2D eigenvalue weighted by molar-refractivity contribution is 0.0951. The van der Waals surface area contributed by atoms with Crippen molar-refractivity contribution in [1.82, 2.24) is 15.6 Å². The molecule has 1 atom stereocenters. The Kier molecular flexibility index (Phi) is 9.94. The topological polar surface area (TPSA) is 63.2 Å². The maximum absolute atomic E-state index is 12.1. The molecule has 3 rings (SSSR count). The molecule has 0 spiro atoms. The molecule has 0 saturated carbocycles. The van der Waals surface area contributed by atoms with Crippen molar-refractivity contribution in [3.63, 3.8) is 0 Å². The van der Waals surface area contributed by atoms with Crippen LogP contribution < -0.4 is 15.4 Å². The fourth-order valence-corrected chi connectivity index (χ4v) is 3.06. The number of nitrogens with one attached hydrogen (secondary N) is 2. The smallest absolute Gasteiger partial charge is 0.252 e. The Morgan fingerprint density at radius 1 is 1.31 bits per heavy atom. The van der Waals surface area contributed by atoms with E-state index in [9.17, 15) is 4.79 Å². The lowest BCUT2D eigenvalue weighted by atomic mass is 10.1. The first-order valence-electron chi connectivity index (χ1n) is 8.09. The molecule has 0 radical (unpaired) electrons. The number of rotatable bonds is 6. The summed E-state index contributed by atoms with van der Waals surface area (Å²) < 4.78 is 6.60. The van der Waals surface area contributed by atoms with Crippen LogP contribution in [0, 0.1) is 5.92 Å². The highest BCUT2D eigenvalue weighted by atomic mass is 79.9. The van der Waals surface area contributed by atoms with E-state index in [-0.39, 0.29) is 30.7 Å². The lowest BCUT2D eigenvalue weighted by Crippen LogP contribution is -2.26. The van der Waals surface area contributed by atoms with Gasteiger partial charge >= 0.3 is 0 Å². The second-order valence-electron chi connectivity index (χ2n) is 5.85. The number of hydrogen-bond donors (Lipinski definition) is 2. The van der Waals surface area contributed by atoms with Crippen molar-refractivity contribution in [2.75, 3.05) is 19.6 Å². The number of ether oxygens (including phenoxy) is 1. The number of amides is 1.